The third-order valence-electron chi connectivity index (χ3n) is 5.41. The van der Waals surface area contributed by atoms with Gasteiger partial charge in [-0.15, -0.1) is 0 Å². The van der Waals surface area contributed by atoms with Gasteiger partial charge in [0.05, 0.1) is 4.90 Å². The summed E-state index contributed by atoms with van der Waals surface area (Å²) in [6.07, 6.45) is 5.76. The molecule has 0 aliphatic heterocycles. The Morgan fingerprint density at radius 1 is 1.13 bits per heavy atom. The molecule has 1 saturated carbocycles. The molecule has 1 aromatic heterocycles. The molecule has 0 spiro atoms. The molecular formula is C21H28N4O4S. The molecule has 3 rings (SSSR count). The fourth-order valence-corrected chi connectivity index (χ4v) is 5.07. The first-order valence-electron chi connectivity index (χ1n) is 10.3. The second-order valence-corrected chi connectivity index (χ2v) is 9.57. The molecule has 1 aromatic carbocycles. The van der Waals surface area contributed by atoms with Gasteiger partial charge in [-0.25, -0.2) is 13.1 Å². The van der Waals surface area contributed by atoms with Crippen molar-refractivity contribution in [3.63, 3.8) is 0 Å². The topological polar surface area (TPSA) is 101 Å². The van der Waals surface area contributed by atoms with E-state index in [2.05, 4.69) is 10.4 Å². The SMILES string of the molecule is CCCn1nc(C(=O)Nc2ccc(S(=O)(=O)N(C)C3CCCCC3)cc2)ccc1=O. The van der Waals surface area contributed by atoms with Crippen LogP contribution in [-0.2, 0) is 16.6 Å². The Bertz CT molecular complexity index is 1040. The van der Waals surface area contributed by atoms with Crippen molar-refractivity contribution in [3.05, 3.63) is 52.4 Å². The van der Waals surface area contributed by atoms with E-state index in [4.69, 9.17) is 0 Å². The van der Waals surface area contributed by atoms with Crippen LogP contribution in [0.25, 0.3) is 0 Å². The van der Waals surface area contributed by atoms with Gasteiger partial charge in [-0.3, -0.25) is 9.59 Å². The molecule has 9 heteroatoms. The minimum absolute atomic E-state index is 0.0352. The number of anilines is 1. The van der Waals surface area contributed by atoms with Gasteiger partial charge < -0.3 is 5.32 Å². The number of hydrogen-bond acceptors (Lipinski definition) is 5. The number of rotatable bonds is 7. The number of amides is 1. The number of aryl methyl sites for hydroxylation is 1. The Morgan fingerprint density at radius 2 is 1.80 bits per heavy atom. The summed E-state index contributed by atoms with van der Waals surface area (Å²) in [5, 5.41) is 6.77. The van der Waals surface area contributed by atoms with Crippen LogP contribution in [0.4, 0.5) is 5.69 Å². The van der Waals surface area contributed by atoms with Crippen molar-refractivity contribution in [2.45, 2.75) is 62.9 Å². The van der Waals surface area contributed by atoms with E-state index in [0.717, 1.165) is 38.5 Å². The van der Waals surface area contributed by atoms with Crippen LogP contribution in [0, 0.1) is 0 Å². The van der Waals surface area contributed by atoms with Crippen LogP contribution in [0.1, 0.15) is 55.9 Å². The van der Waals surface area contributed by atoms with Crippen molar-refractivity contribution in [3.8, 4) is 0 Å². The molecule has 1 aliphatic rings. The predicted octanol–water partition coefficient (Wildman–Crippen LogP) is 2.86. The summed E-state index contributed by atoms with van der Waals surface area (Å²) in [4.78, 5) is 24.4. The average molecular weight is 433 g/mol. The van der Waals surface area contributed by atoms with Crippen LogP contribution in [0.5, 0.6) is 0 Å². The number of aromatic nitrogens is 2. The number of carbonyl (C=O) groups is 1. The normalized spacial score (nSPS) is 15.3. The highest BCUT2D eigenvalue weighted by Gasteiger charge is 2.29. The lowest BCUT2D eigenvalue weighted by atomic mass is 9.96. The molecule has 2 aromatic rings. The number of carbonyl (C=O) groups excluding carboxylic acids is 1. The number of benzene rings is 1. The molecule has 1 fully saturated rings. The second kappa shape index (κ2) is 9.53. The fourth-order valence-electron chi connectivity index (χ4n) is 3.65. The maximum Gasteiger partial charge on any atom is 0.276 e. The summed E-state index contributed by atoms with van der Waals surface area (Å²) in [5.41, 5.74) is 0.316. The van der Waals surface area contributed by atoms with Crippen LogP contribution in [0.3, 0.4) is 0 Å². The molecule has 0 unspecified atom stereocenters. The molecule has 1 heterocycles. The van der Waals surface area contributed by atoms with Crippen LogP contribution in [-0.4, -0.2) is 41.5 Å². The third kappa shape index (κ3) is 4.96. The van der Waals surface area contributed by atoms with Crippen LogP contribution in [0.2, 0.25) is 0 Å². The first-order valence-corrected chi connectivity index (χ1v) is 11.7. The van der Waals surface area contributed by atoms with Crippen LogP contribution < -0.4 is 10.9 Å². The largest absolute Gasteiger partial charge is 0.321 e. The van der Waals surface area contributed by atoms with Crippen molar-refractivity contribution >= 4 is 21.6 Å². The quantitative estimate of drug-likeness (QED) is 0.725. The summed E-state index contributed by atoms with van der Waals surface area (Å²) >= 11 is 0. The lowest BCUT2D eigenvalue weighted by molar-refractivity contribution is 0.101. The Hall–Kier alpha value is -2.52. The van der Waals surface area contributed by atoms with E-state index in [9.17, 15) is 18.0 Å². The molecule has 1 amide bonds. The molecule has 1 aliphatic carbocycles. The minimum atomic E-state index is -3.58. The van der Waals surface area contributed by atoms with E-state index < -0.39 is 15.9 Å². The van der Waals surface area contributed by atoms with Crippen LogP contribution >= 0.6 is 0 Å². The number of nitrogens with one attached hydrogen (secondary N) is 1. The van der Waals surface area contributed by atoms with Gasteiger partial charge in [-0.05, 0) is 49.6 Å². The van der Waals surface area contributed by atoms with Crippen LogP contribution in [0.15, 0.2) is 46.1 Å². The second-order valence-electron chi connectivity index (χ2n) is 7.57. The highest BCUT2D eigenvalue weighted by molar-refractivity contribution is 7.89. The van der Waals surface area contributed by atoms with Gasteiger partial charge in [0.2, 0.25) is 10.0 Å². The molecule has 0 saturated heterocycles. The van der Waals surface area contributed by atoms with Gasteiger partial charge in [0.15, 0.2) is 0 Å². The van der Waals surface area contributed by atoms with Crippen molar-refractivity contribution in [1.29, 1.82) is 0 Å². The Balaban J connectivity index is 1.71. The summed E-state index contributed by atoms with van der Waals surface area (Å²) in [5.74, 6) is -0.463. The van der Waals surface area contributed by atoms with Gasteiger partial charge in [0.1, 0.15) is 5.69 Å². The van der Waals surface area contributed by atoms with Crippen molar-refractivity contribution < 1.29 is 13.2 Å². The van der Waals surface area contributed by atoms with Crippen molar-refractivity contribution in [2.75, 3.05) is 12.4 Å². The van der Waals surface area contributed by atoms with Gasteiger partial charge in [0.25, 0.3) is 11.5 Å². The molecule has 30 heavy (non-hydrogen) atoms. The highest BCUT2D eigenvalue weighted by atomic mass is 32.2. The maximum atomic E-state index is 12.9. The molecule has 8 nitrogen and oxygen atoms in total. The lowest BCUT2D eigenvalue weighted by Gasteiger charge is -2.30. The van der Waals surface area contributed by atoms with E-state index in [1.54, 1.807) is 19.2 Å². The van der Waals surface area contributed by atoms with E-state index in [0.29, 0.717) is 12.2 Å². The monoisotopic (exact) mass is 432 g/mol. The fraction of sp³-hybridized carbons (Fsp3) is 0.476. The molecule has 0 bridgehead atoms. The predicted molar refractivity (Wildman–Crippen MR) is 115 cm³/mol. The Labute approximate surface area is 177 Å². The smallest absolute Gasteiger partial charge is 0.276 e. The lowest BCUT2D eigenvalue weighted by Crippen LogP contribution is -2.38. The number of nitrogens with zero attached hydrogens (tertiary/aromatic N) is 3. The maximum absolute atomic E-state index is 12.9. The number of sulfonamides is 1. The van der Waals surface area contributed by atoms with E-state index in [1.165, 1.54) is 33.3 Å². The Morgan fingerprint density at radius 3 is 2.43 bits per heavy atom. The van der Waals surface area contributed by atoms with Gasteiger partial charge >= 0.3 is 0 Å². The first-order chi connectivity index (χ1) is 14.3. The van der Waals surface area contributed by atoms with Gasteiger partial charge in [-0.2, -0.15) is 9.40 Å². The van der Waals surface area contributed by atoms with E-state index >= 15 is 0 Å². The standard InChI is InChI=1S/C21H28N4O4S/c1-3-15-25-20(26)14-13-19(23-25)21(27)22-16-9-11-18(12-10-16)30(28,29)24(2)17-7-5-4-6-8-17/h9-14,17H,3-8,15H2,1-2H3,(H,22,27). The highest BCUT2D eigenvalue weighted by Crippen LogP contribution is 2.27. The minimum Gasteiger partial charge on any atom is -0.321 e. The molecule has 0 radical (unpaired) electrons. The number of hydrogen-bond donors (Lipinski definition) is 1. The van der Waals surface area contributed by atoms with Gasteiger partial charge in [-0.1, -0.05) is 26.2 Å². The molecule has 162 valence electrons. The zero-order valence-electron chi connectivity index (χ0n) is 17.4. The van der Waals surface area contributed by atoms with Crippen molar-refractivity contribution in [1.82, 2.24) is 14.1 Å². The average Bonchev–Trinajstić information content (AvgIpc) is 2.76. The summed E-state index contributed by atoms with van der Waals surface area (Å²) in [7, 11) is -1.95. The van der Waals surface area contributed by atoms with E-state index in [1.807, 2.05) is 6.92 Å². The summed E-state index contributed by atoms with van der Waals surface area (Å²) in [6, 6.07) is 8.83. The zero-order valence-corrected chi connectivity index (χ0v) is 18.2. The molecule has 0 atom stereocenters. The summed E-state index contributed by atoms with van der Waals surface area (Å²) in [6.45, 7) is 2.35. The molecule has 1 N–H and O–H groups in total. The van der Waals surface area contributed by atoms with Crippen molar-refractivity contribution in [2.24, 2.45) is 0 Å². The Kier molecular flexibility index (Phi) is 7.04. The zero-order chi connectivity index (χ0) is 21.7. The summed E-state index contributed by atoms with van der Waals surface area (Å²) < 4.78 is 28.6. The van der Waals surface area contributed by atoms with E-state index in [-0.39, 0.29) is 22.2 Å². The molecular weight excluding hydrogens is 404 g/mol. The first kappa shape index (κ1) is 22.2. The van der Waals surface area contributed by atoms with Gasteiger partial charge in [0, 0.05) is 31.4 Å². The third-order valence-corrected chi connectivity index (χ3v) is 7.34.